The van der Waals surface area contributed by atoms with Gasteiger partial charge in [0.15, 0.2) is 0 Å². The number of ether oxygens (including phenoxy) is 1. The van der Waals surface area contributed by atoms with E-state index in [-0.39, 0.29) is 29.9 Å². The average Bonchev–Trinajstić information content (AvgIpc) is 3.66. The summed E-state index contributed by atoms with van der Waals surface area (Å²) in [6.07, 6.45) is 0.241. The number of alkyl halides is 1. The molecule has 3 N–H and O–H groups in total. The summed E-state index contributed by atoms with van der Waals surface area (Å²) < 4.78 is 8.07. The first-order chi connectivity index (χ1) is 18.9. The van der Waals surface area contributed by atoms with E-state index in [4.69, 9.17) is 4.74 Å². The number of hydrogen-bond acceptors (Lipinski definition) is 7. The molecule has 11 nitrogen and oxygen atoms in total. The van der Waals surface area contributed by atoms with Gasteiger partial charge in [0, 0.05) is 10.5 Å². The van der Waals surface area contributed by atoms with Crippen molar-refractivity contribution in [3.8, 4) is 0 Å². The second-order valence-corrected chi connectivity index (χ2v) is 11.5. The Labute approximate surface area is 233 Å². The smallest absolute Gasteiger partial charge is 0.247 e. The molecule has 3 fully saturated rings. The molecule has 12 heteroatoms. The van der Waals surface area contributed by atoms with Crippen LogP contribution in [0.2, 0.25) is 0 Å². The fourth-order valence-electron chi connectivity index (χ4n) is 6.50. The van der Waals surface area contributed by atoms with Gasteiger partial charge >= 0.3 is 0 Å². The third kappa shape index (κ3) is 4.04. The highest BCUT2D eigenvalue weighted by atomic mass is 79.9. The molecule has 2 bridgehead atoms. The van der Waals surface area contributed by atoms with E-state index >= 15 is 0 Å². The summed E-state index contributed by atoms with van der Waals surface area (Å²) in [4.78, 5) is 42.8. The third-order valence-electron chi connectivity index (χ3n) is 8.22. The van der Waals surface area contributed by atoms with Crippen LogP contribution in [0.1, 0.15) is 19.8 Å². The lowest BCUT2D eigenvalue weighted by atomic mass is 9.70. The second kappa shape index (κ2) is 10.00. The molecule has 6 rings (SSSR count). The monoisotopic (exact) mass is 596 g/mol. The molecule has 4 heterocycles. The molecule has 3 aromatic rings. The fourth-order valence-corrected chi connectivity index (χ4v) is 7.45. The lowest BCUT2D eigenvalue weighted by Crippen LogP contribution is -2.58. The van der Waals surface area contributed by atoms with Gasteiger partial charge in [-0.15, -0.1) is 5.10 Å². The van der Waals surface area contributed by atoms with Crippen molar-refractivity contribution in [2.45, 2.75) is 55.0 Å². The van der Waals surface area contributed by atoms with E-state index in [2.05, 4.69) is 36.9 Å². The number of anilines is 1. The van der Waals surface area contributed by atoms with Crippen LogP contribution in [-0.2, 0) is 25.8 Å². The highest BCUT2D eigenvalue weighted by Gasteiger charge is 2.77. The molecule has 3 aliphatic heterocycles. The number of rotatable bonds is 8. The molecule has 39 heavy (non-hydrogen) atoms. The van der Waals surface area contributed by atoms with E-state index in [1.165, 1.54) is 4.90 Å². The van der Waals surface area contributed by atoms with Gasteiger partial charge in [0.1, 0.15) is 23.8 Å². The summed E-state index contributed by atoms with van der Waals surface area (Å²) in [6.45, 7) is 1.57. The molecule has 204 valence electrons. The fraction of sp³-hybridized carbons (Fsp3) is 0.444. The number of carbonyl (C=O) groups excluding carboxylic acids is 3. The lowest BCUT2D eigenvalue weighted by molar-refractivity contribution is -0.145. The molecule has 3 unspecified atom stereocenters. The predicted molar refractivity (Wildman–Crippen MR) is 144 cm³/mol. The molecular formula is C27H29BrN6O5. The number of aliphatic hydroxyl groups excluding tert-OH is 1. The molecular weight excluding hydrogens is 568 g/mol. The number of halogens is 1. The zero-order valence-corrected chi connectivity index (χ0v) is 22.8. The maximum Gasteiger partial charge on any atom is 0.247 e. The van der Waals surface area contributed by atoms with E-state index in [9.17, 15) is 19.5 Å². The Bertz CT molecular complexity index is 1410. The number of amides is 3. The normalized spacial score (nSPS) is 30.0. The number of aromatic nitrogens is 3. The van der Waals surface area contributed by atoms with Crippen molar-refractivity contribution in [1.82, 2.24) is 25.2 Å². The van der Waals surface area contributed by atoms with Crippen LogP contribution in [0.15, 0.2) is 54.6 Å². The summed E-state index contributed by atoms with van der Waals surface area (Å²) in [5, 5.41) is 24.3. The van der Waals surface area contributed by atoms with Crippen molar-refractivity contribution in [3.05, 3.63) is 54.6 Å². The van der Waals surface area contributed by atoms with Crippen molar-refractivity contribution in [3.63, 3.8) is 0 Å². The lowest BCUT2D eigenvalue weighted by Gasteiger charge is -2.36. The average molecular weight is 597 g/mol. The van der Waals surface area contributed by atoms with Gasteiger partial charge in [-0.1, -0.05) is 58.4 Å². The minimum absolute atomic E-state index is 0.0353. The molecule has 1 aromatic heterocycles. The molecule has 1 spiro atoms. The first-order valence-electron chi connectivity index (χ1n) is 13.1. The maximum atomic E-state index is 14.1. The Hall–Kier alpha value is -3.35. The van der Waals surface area contributed by atoms with Gasteiger partial charge in [-0.25, -0.2) is 4.68 Å². The number of hydrogen-bond donors (Lipinski definition) is 3. The Morgan fingerprint density at radius 2 is 1.92 bits per heavy atom. The number of nitrogens with zero attached hydrogens (tertiary/aromatic N) is 4. The minimum atomic E-state index is -1.22. The zero-order valence-electron chi connectivity index (χ0n) is 21.2. The van der Waals surface area contributed by atoms with Gasteiger partial charge in [0.2, 0.25) is 17.7 Å². The number of aliphatic hydroxyl groups is 1. The van der Waals surface area contributed by atoms with Crippen LogP contribution in [0.5, 0.6) is 0 Å². The molecule has 2 aromatic carbocycles. The molecule has 3 amide bonds. The first-order valence-corrected chi connectivity index (χ1v) is 14.0. The van der Waals surface area contributed by atoms with Crippen LogP contribution in [0.3, 0.4) is 0 Å². The van der Waals surface area contributed by atoms with Crippen LogP contribution in [-0.4, -0.2) is 77.9 Å². The Morgan fingerprint density at radius 1 is 1.18 bits per heavy atom. The van der Waals surface area contributed by atoms with Crippen LogP contribution >= 0.6 is 15.9 Å². The summed E-state index contributed by atoms with van der Waals surface area (Å²) in [5.74, 6) is -2.77. The summed E-state index contributed by atoms with van der Waals surface area (Å²) >= 11 is 3.67. The largest absolute Gasteiger partial charge is 0.394 e. The van der Waals surface area contributed by atoms with Gasteiger partial charge in [0.05, 0.1) is 36.1 Å². The van der Waals surface area contributed by atoms with Crippen molar-refractivity contribution in [2.75, 3.05) is 11.9 Å². The zero-order chi connectivity index (χ0) is 27.3. The Balaban J connectivity index is 1.33. The maximum absolute atomic E-state index is 14.1. The molecule has 0 saturated carbocycles. The highest BCUT2D eigenvalue weighted by Crippen LogP contribution is 2.60. The third-order valence-corrected chi connectivity index (χ3v) is 9.06. The van der Waals surface area contributed by atoms with Crippen molar-refractivity contribution >= 4 is 50.4 Å². The topological polar surface area (TPSA) is 139 Å². The highest BCUT2D eigenvalue weighted by molar-refractivity contribution is 9.09. The first kappa shape index (κ1) is 25.9. The van der Waals surface area contributed by atoms with Crippen LogP contribution in [0, 0.1) is 11.8 Å². The van der Waals surface area contributed by atoms with Crippen LogP contribution in [0.4, 0.5) is 5.69 Å². The Morgan fingerprint density at radius 3 is 2.67 bits per heavy atom. The number of benzene rings is 2. The molecule has 3 saturated heterocycles. The second-order valence-electron chi connectivity index (χ2n) is 10.3. The molecule has 0 aliphatic carbocycles. The number of carbonyl (C=O) groups is 3. The number of nitrogens with one attached hydrogen (secondary N) is 2. The molecule has 7 atom stereocenters. The Kier molecular flexibility index (Phi) is 6.64. The van der Waals surface area contributed by atoms with Gasteiger partial charge in [-0.2, -0.15) is 0 Å². The number of para-hydroxylation sites is 2. The minimum Gasteiger partial charge on any atom is -0.394 e. The molecule has 0 radical (unpaired) electrons. The predicted octanol–water partition coefficient (Wildman–Crippen LogP) is 1.66. The van der Waals surface area contributed by atoms with Crippen molar-refractivity contribution in [1.29, 1.82) is 0 Å². The molecule has 3 aliphatic rings. The van der Waals surface area contributed by atoms with Crippen molar-refractivity contribution in [2.24, 2.45) is 11.8 Å². The van der Waals surface area contributed by atoms with E-state index in [0.717, 1.165) is 5.52 Å². The standard InChI is InChI=1S/C27H29BrN6O5/c1-2-16(13-35)34-23(25(37)29-14-33-19-11-7-6-10-18(19)31-32-33)27-12-17(28)22(39-27)20(21(27)26(34)38)24(36)30-15-8-4-3-5-9-15/h3-11,16-17,20-23,35H,2,12-14H2,1H3,(H,29,37)(H,30,36)/t16-,17?,20-,21-,22-,23?,27?/m0/s1. The van der Waals surface area contributed by atoms with Gasteiger partial charge in [0.25, 0.3) is 0 Å². The van der Waals surface area contributed by atoms with Crippen LogP contribution < -0.4 is 10.6 Å². The SMILES string of the molecule is CC[C@@H](CO)N1C(=O)[C@@H]2[C@H](C(=O)Nc3ccccc3)[C@H]3OC2(CC3Br)C1C(=O)NCn1nnc2ccccc21. The summed E-state index contributed by atoms with van der Waals surface area (Å²) in [5.41, 5.74) is 0.850. The van der Waals surface area contributed by atoms with E-state index in [0.29, 0.717) is 24.0 Å². The number of likely N-dealkylation sites (tertiary alicyclic amines) is 1. The van der Waals surface area contributed by atoms with E-state index in [1.54, 1.807) is 16.8 Å². The van der Waals surface area contributed by atoms with E-state index in [1.807, 2.05) is 49.4 Å². The quantitative estimate of drug-likeness (QED) is 0.336. The van der Waals surface area contributed by atoms with Gasteiger partial charge in [-0.3, -0.25) is 14.4 Å². The van der Waals surface area contributed by atoms with E-state index < -0.39 is 41.5 Å². The van der Waals surface area contributed by atoms with Gasteiger partial charge in [-0.05, 0) is 37.1 Å². The summed E-state index contributed by atoms with van der Waals surface area (Å²) in [7, 11) is 0. The van der Waals surface area contributed by atoms with Gasteiger partial charge < -0.3 is 25.4 Å². The summed E-state index contributed by atoms with van der Waals surface area (Å²) in [6, 6.07) is 14.8. The van der Waals surface area contributed by atoms with Crippen LogP contribution in [0.25, 0.3) is 11.0 Å². The van der Waals surface area contributed by atoms with Crippen molar-refractivity contribution < 1.29 is 24.2 Å². The number of fused-ring (bicyclic) bond motifs is 2.